The summed E-state index contributed by atoms with van der Waals surface area (Å²) in [5.41, 5.74) is 7.58. The Kier molecular flexibility index (Phi) is 3.66. The van der Waals surface area contributed by atoms with Gasteiger partial charge in [-0.05, 0) is 63.0 Å². The van der Waals surface area contributed by atoms with E-state index in [1.807, 2.05) is 12.1 Å². The molecule has 0 amide bonds. The molecule has 3 N–H and O–H groups in total. The van der Waals surface area contributed by atoms with Gasteiger partial charge in [0.25, 0.3) is 0 Å². The third-order valence-electron chi connectivity index (χ3n) is 4.89. The van der Waals surface area contributed by atoms with Crippen LogP contribution in [0, 0.1) is 11.3 Å². The molecule has 2 aliphatic heterocycles. The van der Waals surface area contributed by atoms with Gasteiger partial charge in [0.15, 0.2) is 0 Å². The molecule has 2 fully saturated rings. The second kappa shape index (κ2) is 5.44. The van der Waals surface area contributed by atoms with E-state index in [1.54, 1.807) is 0 Å². The highest BCUT2D eigenvalue weighted by molar-refractivity contribution is 5.95. The van der Waals surface area contributed by atoms with Gasteiger partial charge in [-0.3, -0.25) is 5.41 Å². The fourth-order valence-corrected chi connectivity index (χ4v) is 3.74. The number of likely N-dealkylation sites (tertiary alicyclic amines) is 1. The molecular formula is C16H24N4. The predicted molar refractivity (Wildman–Crippen MR) is 83.4 cm³/mol. The lowest BCUT2D eigenvalue weighted by Gasteiger charge is -2.46. The molecular weight excluding hydrogens is 248 g/mol. The van der Waals surface area contributed by atoms with Crippen LogP contribution in [0.4, 0.5) is 5.69 Å². The van der Waals surface area contributed by atoms with Crippen molar-refractivity contribution in [3.05, 3.63) is 29.8 Å². The maximum atomic E-state index is 7.45. The van der Waals surface area contributed by atoms with Crippen LogP contribution in [-0.4, -0.2) is 43.5 Å². The summed E-state index contributed by atoms with van der Waals surface area (Å²) in [6.07, 6.45) is 3.95. The Morgan fingerprint density at radius 3 is 2.65 bits per heavy atom. The number of nitrogens with two attached hydrogens (primary N) is 1. The average Bonchev–Trinajstić information content (AvgIpc) is 2.47. The summed E-state index contributed by atoms with van der Waals surface area (Å²) < 4.78 is 0. The Hall–Kier alpha value is -1.55. The molecule has 3 rings (SSSR count). The first kappa shape index (κ1) is 13.4. The fourth-order valence-electron chi connectivity index (χ4n) is 3.74. The highest BCUT2D eigenvalue weighted by Gasteiger charge is 2.34. The molecule has 1 aromatic rings. The van der Waals surface area contributed by atoms with Gasteiger partial charge in [-0.1, -0.05) is 0 Å². The zero-order valence-electron chi connectivity index (χ0n) is 12.2. The molecule has 2 heterocycles. The second-order valence-corrected chi connectivity index (χ2v) is 6.15. The molecule has 108 valence electrons. The highest BCUT2D eigenvalue weighted by Crippen LogP contribution is 2.31. The van der Waals surface area contributed by atoms with Crippen LogP contribution < -0.4 is 10.6 Å². The summed E-state index contributed by atoms with van der Waals surface area (Å²) in [4.78, 5) is 5.04. The van der Waals surface area contributed by atoms with Crippen molar-refractivity contribution in [2.24, 2.45) is 11.7 Å². The van der Waals surface area contributed by atoms with Gasteiger partial charge in [0.1, 0.15) is 5.84 Å². The monoisotopic (exact) mass is 272 g/mol. The van der Waals surface area contributed by atoms with Crippen LogP contribution in [0.15, 0.2) is 24.3 Å². The minimum absolute atomic E-state index is 0.143. The van der Waals surface area contributed by atoms with E-state index in [9.17, 15) is 0 Å². The van der Waals surface area contributed by atoms with Gasteiger partial charge in [0.2, 0.25) is 0 Å². The fraction of sp³-hybridized carbons (Fsp3) is 0.562. The summed E-state index contributed by atoms with van der Waals surface area (Å²) in [5, 5.41) is 7.45. The van der Waals surface area contributed by atoms with Crippen molar-refractivity contribution in [2.75, 3.05) is 31.6 Å². The summed E-state index contributed by atoms with van der Waals surface area (Å²) in [6, 6.07) is 8.89. The predicted octanol–water partition coefficient (Wildman–Crippen LogP) is 1.89. The SMILES string of the molecule is CN1CCCC2CN(c3ccc(C(=N)N)cc3)CCC21. The first-order chi connectivity index (χ1) is 9.65. The summed E-state index contributed by atoms with van der Waals surface area (Å²) in [5.74, 6) is 0.944. The number of amidine groups is 1. The van der Waals surface area contributed by atoms with Crippen LogP contribution in [0.1, 0.15) is 24.8 Å². The first-order valence-electron chi connectivity index (χ1n) is 7.55. The van der Waals surface area contributed by atoms with E-state index in [4.69, 9.17) is 11.1 Å². The Bertz CT molecular complexity index is 482. The van der Waals surface area contributed by atoms with Crippen LogP contribution in [0.25, 0.3) is 0 Å². The molecule has 2 atom stereocenters. The number of nitrogens with zero attached hydrogens (tertiary/aromatic N) is 2. The van der Waals surface area contributed by atoms with Gasteiger partial charge in [0, 0.05) is 30.4 Å². The standard InChI is InChI=1S/C16H24N4/c1-19-9-2-3-13-11-20(10-8-15(13)19)14-6-4-12(5-7-14)16(17)18/h4-7,13,15H,2-3,8-11H2,1H3,(H3,17,18). The zero-order chi connectivity index (χ0) is 14.1. The van der Waals surface area contributed by atoms with E-state index in [2.05, 4.69) is 29.0 Å². The van der Waals surface area contributed by atoms with Crippen molar-refractivity contribution in [1.82, 2.24) is 4.90 Å². The third-order valence-corrected chi connectivity index (χ3v) is 4.89. The Morgan fingerprint density at radius 2 is 1.95 bits per heavy atom. The summed E-state index contributed by atoms with van der Waals surface area (Å²) >= 11 is 0. The van der Waals surface area contributed by atoms with Crippen LogP contribution >= 0.6 is 0 Å². The Balaban J connectivity index is 1.71. The van der Waals surface area contributed by atoms with Gasteiger partial charge in [0.05, 0.1) is 0 Å². The van der Waals surface area contributed by atoms with E-state index in [1.165, 1.54) is 31.5 Å². The van der Waals surface area contributed by atoms with Crippen LogP contribution in [0.2, 0.25) is 0 Å². The number of benzene rings is 1. The minimum atomic E-state index is 0.143. The molecule has 4 nitrogen and oxygen atoms in total. The highest BCUT2D eigenvalue weighted by atomic mass is 15.2. The second-order valence-electron chi connectivity index (χ2n) is 6.15. The molecule has 0 aromatic heterocycles. The topological polar surface area (TPSA) is 56.4 Å². The number of hydrogen-bond donors (Lipinski definition) is 2. The van der Waals surface area contributed by atoms with Crippen molar-refractivity contribution in [3.63, 3.8) is 0 Å². The van der Waals surface area contributed by atoms with E-state index < -0.39 is 0 Å². The minimum Gasteiger partial charge on any atom is -0.384 e. The number of rotatable bonds is 2. The van der Waals surface area contributed by atoms with Gasteiger partial charge < -0.3 is 15.5 Å². The molecule has 2 saturated heterocycles. The number of fused-ring (bicyclic) bond motifs is 1. The number of hydrogen-bond acceptors (Lipinski definition) is 3. The lowest BCUT2D eigenvalue weighted by molar-refractivity contribution is 0.102. The van der Waals surface area contributed by atoms with Crippen molar-refractivity contribution in [1.29, 1.82) is 5.41 Å². The number of nitrogens with one attached hydrogen (secondary N) is 1. The summed E-state index contributed by atoms with van der Waals surface area (Å²) in [6.45, 7) is 3.55. The number of anilines is 1. The first-order valence-corrected chi connectivity index (χ1v) is 7.55. The van der Waals surface area contributed by atoms with Gasteiger partial charge in [-0.15, -0.1) is 0 Å². The van der Waals surface area contributed by atoms with Gasteiger partial charge in [-0.25, -0.2) is 0 Å². The molecule has 0 spiro atoms. The maximum Gasteiger partial charge on any atom is 0.122 e. The van der Waals surface area contributed by atoms with E-state index in [0.717, 1.165) is 30.6 Å². The molecule has 2 aliphatic rings. The Labute approximate surface area is 121 Å². The molecule has 0 radical (unpaired) electrons. The zero-order valence-corrected chi connectivity index (χ0v) is 12.2. The van der Waals surface area contributed by atoms with E-state index in [-0.39, 0.29) is 5.84 Å². The van der Waals surface area contributed by atoms with Gasteiger partial charge >= 0.3 is 0 Å². The lowest BCUT2D eigenvalue weighted by Crippen LogP contribution is -2.52. The van der Waals surface area contributed by atoms with Crippen LogP contribution in [0.5, 0.6) is 0 Å². The van der Waals surface area contributed by atoms with Crippen LogP contribution in [-0.2, 0) is 0 Å². The normalized spacial score (nSPS) is 27.1. The largest absolute Gasteiger partial charge is 0.384 e. The molecule has 0 aliphatic carbocycles. The van der Waals surface area contributed by atoms with Crippen molar-refractivity contribution >= 4 is 11.5 Å². The lowest BCUT2D eigenvalue weighted by atomic mass is 9.84. The average molecular weight is 272 g/mol. The van der Waals surface area contributed by atoms with Crippen LogP contribution in [0.3, 0.4) is 0 Å². The molecule has 2 unspecified atom stereocenters. The van der Waals surface area contributed by atoms with E-state index >= 15 is 0 Å². The smallest absolute Gasteiger partial charge is 0.122 e. The van der Waals surface area contributed by atoms with Crippen molar-refractivity contribution < 1.29 is 0 Å². The molecule has 0 bridgehead atoms. The number of nitrogen functional groups attached to an aromatic ring is 1. The number of piperidine rings is 2. The maximum absolute atomic E-state index is 7.45. The molecule has 0 saturated carbocycles. The quantitative estimate of drug-likeness (QED) is 0.638. The van der Waals surface area contributed by atoms with E-state index in [0.29, 0.717) is 0 Å². The van der Waals surface area contributed by atoms with Crippen molar-refractivity contribution in [2.45, 2.75) is 25.3 Å². The molecule has 1 aromatic carbocycles. The summed E-state index contributed by atoms with van der Waals surface area (Å²) in [7, 11) is 2.27. The third kappa shape index (κ3) is 2.52. The van der Waals surface area contributed by atoms with Gasteiger partial charge in [-0.2, -0.15) is 0 Å². The molecule has 4 heteroatoms. The Morgan fingerprint density at radius 1 is 1.20 bits per heavy atom. The van der Waals surface area contributed by atoms with Crippen molar-refractivity contribution in [3.8, 4) is 0 Å². The molecule has 20 heavy (non-hydrogen) atoms.